The van der Waals surface area contributed by atoms with Gasteiger partial charge in [0.05, 0.1) is 19.3 Å². The number of hydrogen-bond acceptors (Lipinski definition) is 4. The molecule has 0 heterocycles. The molecule has 0 aliphatic rings. The summed E-state index contributed by atoms with van der Waals surface area (Å²) < 4.78 is 12.8. The zero-order valence-electron chi connectivity index (χ0n) is 26.5. The molecule has 0 saturated heterocycles. The summed E-state index contributed by atoms with van der Waals surface area (Å²) in [5, 5.41) is 9.84. The minimum Gasteiger partial charge on any atom is -0.389 e. The van der Waals surface area contributed by atoms with E-state index >= 15 is 0 Å². The van der Waals surface area contributed by atoms with Crippen LogP contribution < -0.4 is 0 Å². The van der Waals surface area contributed by atoms with Crippen molar-refractivity contribution in [2.75, 3.05) is 26.4 Å². The highest BCUT2D eigenvalue weighted by Gasteiger charge is 2.31. The molecule has 0 aliphatic carbocycles. The van der Waals surface area contributed by atoms with Gasteiger partial charge in [-0.25, -0.2) is 0 Å². The third-order valence-corrected chi connectivity index (χ3v) is 8.08. The first kappa shape index (κ1) is 38.0. The highest BCUT2D eigenvalue weighted by molar-refractivity contribution is 5.88. The van der Waals surface area contributed by atoms with Gasteiger partial charge >= 0.3 is 0 Å². The number of aliphatic hydroxyl groups excluding tert-OH is 1. The van der Waals surface area contributed by atoms with Gasteiger partial charge in [0, 0.05) is 25.0 Å². The molecule has 1 N–H and O–H groups in total. The molecule has 0 spiro atoms. The summed E-state index contributed by atoms with van der Waals surface area (Å²) in [6.45, 7) is 19.1. The van der Waals surface area contributed by atoms with Crippen molar-refractivity contribution in [3.8, 4) is 0 Å². The van der Waals surface area contributed by atoms with Gasteiger partial charge in [-0.05, 0) is 50.0 Å². The summed E-state index contributed by atoms with van der Waals surface area (Å²) in [5.74, 6) is 0.876. The largest absolute Gasteiger partial charge is 0.389 e. The van der Waals surface area contributed by atoms with E-state index in [4.69, 9.17) is 9.47 Å². The molecule has 0 rings (SSSR count). The second-order valence-corrected chi connectivity index (χ2v) is 12.4. The first-order chi connectivity index (χ1) is 18.8. The molecule has 0 aliphatic heterocycles. The lowest BCUT2D eigenvalue weighted by molar-refractivity contribution is -0.115. The van der Waals surface area contributed by atoms with Crippen LogP contribution in [-0.4, -0.2) is 43.4 Å². The molecule has 0 aromatic carbocycles. The van der Waals surface area contributed by atoms with Crippen LogP contribution in [0.1, 0.15) is 143 Å². The lowest BCUT2D eigenvalue weighted by atomic mass is 9.79. The number of unbranched alkanes of at least 4 members (excludes halogenated alkanes) is 10. The Morgan fingerprint density at radius 2 is 1.21 bits per heavy atom. The fourth-order valence-corrected chi connectivity index (χ4v) is 5.20. The minimum atomic E-state index is -0.427. The van der Waals surface area contributed by atoms with Crippen molar-refractivity contribution in [3.63, 3.8) is 0 Å². The highest BCUT2D eigenvalue weighted by Crippen LogP contribution is 2.34. The highest BCUT2D eigenvalue weighted by atomic mass is 16.5. The van der Waals surface area contributed by atoms with Gasteiger partial charge in [0.1, 0.15) is 0 Å². The van der Waals surface area contributed by atoms with Crippen LogP contribution in [0, 0.1) is 17.3 Å². The molecule has 0 fully saturated rings. The van der Waals surface area contributed by atoms with Crippen molar-refractivity contribution in [2.24, 2.45) is 17.3 Å². The van der Waals surface area contributed by atoms with Crippen molar-refractivity contribution >= 4 is 5.78 Å². The summed E-state index contributed by atoms with van der Waals surface area (Å²) in [5.41, 5.74) is 0.0481. The van der Waals surface area contributed by atoms with Gasteiger partial charge in [-0.2, -0.15) is 0 Å². The van der Waals surface area contributed by atoms with Crippen LogP contribution in [0.3, 0.4) is 0 Å². The van der Waals surface area contributed by atoms with Crippen molar-refractivity contribution in [1.29, 1.82) is 0 Å². The topological polar surface area (TPSA) is 55.8 Å². The Labute approximate surface area is 243 Å². The molecular weight excluding hydrogens is 484 g/mol. The van der Waals surface area contributed by atoms with Crippen LogP contribution in [0.5, 0.6) is 0 Å². The Bertz CT molecular complexity index is 571. The number of allylic oxidation sites excluding steroid dienone is 1. The van der Waals surface area contributed by atoms with Crippen LogP contribution in [0.4, 0.5) is 0 Å². The predicted octanol–water partition coefficient (Wildman–Crippen LogP) is 9.64. The summed E-state index contributed by atoms with van der Waals surface area (Å²) in [6.07, 6.45) is 23.6. The maximum atomic E-state index is 11.7. The van der Waals surface area contributed by atoms with Crippen LogP contribution in [0.15, 0.2) is 25.3 Å². The number of ether oxygens (including phenoxy) is 2. The number of hydrogen-bond donors (Lipinski definition) is 1. The molecule has 4 heteroatoms. The van der Waals surface area contributed by atoms with Crippen molar-refractivity contribution in [2.45, 2.75) is 149 Å². The number of aliphatic hydroxyl groups is 1. The molecule has 3 atom stereocenters. The van der Waals surface area contributed by atoms with Gasteiger partial charge in [0.25, 0.3) is 0 Å². The molecule has 3 unspecified atom stereocenters. The van der Waals surface area contributed by atoms with Gasteiger partial charge in [0.15, 0.2) is 5.78 Å². The summed E-state index contributed by atoms with van der Waals surface area (Å²) in [7, 11) is 0. The van der Waals surface area contributed by atoms with Crippen LogP contribution >= 0.6 is 0 Å². The van der Waals surface area contributed by atoms with E-state index in [1.165, 1.54) is 83.1 Å². The first-order valence-corrected chi connectivity index (χ1v) is 16.4. The van der Waals surface area contributed by atoms with E-state index in [1.54, 1.807) is 6.08 Å². The fraction of sp³-hybridized carbons (Fsp3) is 0.857. The van der Waals surface area contributed by atoms with Crippen LogP contribution in [-0.2, 0) is 14.3 Å². The van der Waals surface area contributed by atoms with E-state index in [-0.39, 0.29) is 11.2 Å². The number of ketones is 1. The molecule has 0 bridgehead atoms. The first-order valence-electron chi connectivity index (χ1n) is 16.4. The van der Waals surface area contributed by atoms with Gasteiger partial charge in [-0.15, -0.1) is 6.58 Å². The van der Waals surface area contributed by atoms with Crippen molar-refractivity contribution < 1.29 is 19.4 Å². The van der Waals surface area contributed by atoms with Gasteiger partial charge < -0.3 is 14.6 Å². The zero-order valence-corrected chi connectivity index (χ0v) is 26.5. The maximum Gasteiger partial charge on any atom is 0.155 e. The normalized spacial score (nSPS) is 14.2. The third kappa shape index (κ3) is 22.4. The smallest absolute Gasteiger partial charge is 0.155 e. The van der Waals surface area contributed by atoms with E-state index in [1.807, 2.05) is 0 Å². The average molecular weight is 551 g/mol. The molecule has 0 amide bonds. The quantitative estimate of drug-likeness (QED) is 0.0549. The van der Waals surface area contributed by atoms with Gasteiger partial charge in [-0.3, -0.25) is 4.79 Å². The van der Waals surface area contributed by atoms with Gasteiger partial charge in [0.2, 0.25) is 0 Å². The second kappa shape index (κ2) is 26.0. The Kier molecular flexibility index (Phi) is 25.3. The Morgan fingerprint density at radius 3 is 1.67 bits per heavy atom. The predicted molar refractivity (Wildman–Crippen MR) is 168 cm³/mol. The number of rotatable bonds is 30. The molecule has 0 saturated carbocycles. The van der Waals surface area contributed by atoms with E-state index in [0.29, 0.717) is 24.9 Å². The zero-order chi connectivity index (χ0) is 29.2. The van der Waals surface area contributed by atoms with Gasteiger partial charge in [-0.1, -0.05) is 117 Å². The third-order valence-electron chi connectivity index (χ3n) is 8.08. The molecule has 4 nitrogen and oxygen atoms in total. The van der Waals surface area contributed by atoms with E-state index in [2.05, 4.69) is 40.9 Å². The molecular formula is C35H66O4. The van der Waals surface area contributed by atoms with E-state index in [0.717, 1.165) is 51.9 Å². The minimum absolute atomic E-state index is 0.0481. The fourth-order valence-electron chi connectivity index (χ4n) is 5.20. The van der Waals surface area contributed by atoms with E-state index < -0.39 is 6.10 Å². The van der Waals surface area contributed by atoms with Crippen molar-refractivity contribution in [1.82, 2.24) is 0 Å². The monoisotopic (exact) mass is 550 g/mol. The second-order valence-electron chi connectivity index (χ2n) is 12.4. The lowest BCUT2D eigenvalue weighted by Crippen LogP contribution is -2.34. The van der Waals surface area contributed by atoms with Crippen LogP contribution in [0.2, 0.25) is 0 Å². The SMILES string of the molecule is C=CC(=O)CCC(C)COCC(CCCCCCCC)(CCCCCCCC)COCC(C)CCC(O)C=C. The molecule has 0 radical (unpaired) electrons. The molecule has 0 aromatic heterocycles. The molecule has 39 heavy (non-hydrogen) atoms. The standard InChI is InChI=1S/C35H66O4/c1-7-11-13-15-17-19-25-35(26-20-18-16-14-12-8-2,29-38-27-31(5)21-23-33(36)9-3)30-39-28-32(6)22-24-34(37)10-4/h9-10,31-33,36H,3-4,7-8,11-30H2,1-2,5-6H3. The summed E-state index contributed by atoms with van der Waals surface area (Å²) in [4.78, 5) is 11.7. The molecule has 230 valence electrons. The molecule has 0 aromatic rings. The van der Waals surface area contributed by atoms with Crippen LogP contribution in [0.25, 0.3) is 0 Å². The number of carbonyl (C=O) groups excluding carboxylic acids is 1. The van der Waals surface area contributed by atoms with Crippen molar-refractivity contribution in [3.05, 3.63) is 25.3 Å². The maximum absolute atomic E-state index is 11.7. The Morgan fingerprint density at radius 1 is 0.744 bits per heavy atom. The number of carbonyl (C=O) groups is 1. The lowest BCUT2D eigenvalue weighted by Gasteiger charge is -2.35. The Balaban J connectivity index is 5.16. The Hall–Kier alpha value is -0.970. The van der Waals surface area contributed by atoms with E-state index in [9.17, 15) is 9.90 Å². The summed E-state index contributed by atoms with van der Waals surface area (Å²) in [6, 6.07) is 0. The average Bonchev–Trinajstić information content (AvgIpc) is 2.93. The summed E-state index contributed by atoms with van der Waals surface area (Å²) >= 11 is 0.